The van der Waals surface area contributed by atoms with E-state index in [0.717, 1.165) is 24.0 Å². The fraction of sp³-hybridized carbons (Fsp3) is 0.440. The SMILES string of the molecule is CC(C)[C@@H](OCc1cccc(C2CC2)c1)C(=O)NC1(c2ccc(C(=O)O)cc2)CC1. The molecule has 0 aromatic heterocycles. The van der Waals surface area contributed by atoms with E-state index in [1.807, 2.05) is 19.9 Å². The van der Waals surface area contributed by atoms with Crippen molar-refractivity contribution in [1.29, 1.82) is 0 Å². The summed E-state index contributed by atoms with van der Waals surface area (Å²) in [6.07, 6.45) is 3.68. The third-order valence-corrected chi connectivity index (χ3v) is 6.09. The molecule has 0 saturated heterocycles. The Bertz CT molecular complexity index is 926. The van der Waals surface area contributed by atoms with E-state index in [9.17, 15) is 9.59 Å². The molecule has 0 unspecified atom stereocenters. The number of carboxylic acid groups (broad SMARTS) is 1. The van der Waals surface area contributed by atoms with Gasteiger partial charge < -0.3 is 15.2 Å². The van der Waals surface area contributed by atoms with Crippen molar-refractivity contribution in [3.63, 3.8) is 0 Å². The molecule has 4 rings (SSSR count). The molecule has 0 heterocycles. The number of rotatable bonds is 9. The van der Waals surface area contributed by atoms with E-state index < -0.39 is 17.6 Å². The number of nitrogens with one attached hydrogen (secondary N) is 1. The van der Waals surface area contributed by atoms with E-state index in [0.29, 0.717) is 12.5 Å². The van der Waals surface area contributed by atoms with Gasteiger partial charge in [-0.05, 0) is 66.3 Å². The van der Waals surface area contributed by atoms with E-state index >= 15 is 0 Å². The zero-order chi connectivity index (χ0) is 21.3. The lowest BCUT2D eigenvalue weighted by Gasteiger charge is -2.25. The van der Waals surface area contributed by atoms with Crippen molar-refractivity contribution in [2.45, 2.75) is 63.7 Å². The number of aromatic carboxylic acids is 1. The van der Waals surface area contributed by atoms with Crippen LogP contribution in [0.4, 0.5) is 0 Å². The molecule has 0 spiro atoms. The first kappa shape index (κ1) is 20.6. The Hall–Kier alpha value is -2.66. The molecule has 158 valence electrons. The number of ether oxygens (including phenoxy) is 1. The fourth-order valence-electron chi connectivity index (χ4n) is 3.96. The molecule has 2 N–H and O–H groups in total. The molecule has 5 nitrogen and oxygen atoms in total. The molecule has 1 amide bonds. The van der Waals surface area contributed by atoms with E-state index in [2.05, 4.69) is 23.5 Å². The second kappa shape index (κ2) is 8.23. The first-order valence-corrected chi connectivity index (χ1v) is 10.7. The number of carbonyl (C=O) groups is 2. The maximum atomic E-state index is 13.1. The first-order valence-electron chi connectivity index (χ1n) is 10.7. The van der Waals surface area contributed by atoms with Crippen LogP contribution in [0.2, 0.25) is 0 Å². The summed E-state index contributed by atoms with van der Waals surface area (Å²) >= 11 is 0. The Kier molecular flexibility index (Phi) is 5.65. The van der Waals surface area contributed by atoms with Gasteiger partial charge in [0.1, 0.15) is 6.10 Å². The van der Waals surface area contributed by atoms with Gasteiger partial charge in [0, 0.05) is 0 Å². The summed E-state index contributed by atoms with van der Waals surface area (Å²) < 4.78 is 6.08. The summed E-state index contributed by atoms with van der Waals surface area (Å²) in [5, 5.41) is 12.3. The Morgan fingerprint density at radius 1 is 1.13 bits per heavy atom. The predicted molar refractivity (Wildman–Crippen MR) is 114 cm³/mol. The van der Waals surface area contributed by atoms with Crippen molar-refractivity contribution < 1.29 is 19.4 Å². The summed E-state index contributed by atoms with van der Waals surface area (Å²) in [4.78, 5) is 24.1. The van der Waals surface area contributed by atoms with Crippen LogP contribution in [-0.4, -0.2) is 23.1 Å². The van der Waals surface area contributed by atoms with Gasteiger partial charge in [0.15, 0.2) is 0 Å². The lowest BCUT2D eigenvalue weighted by molar-refractivity contribution is -0.137. The van der Waals surface area contributed by atoms with Crippen molar-refractivity contribution in [2.24, 2.45) is 5.92 Å². The van der Waals surface area contributed by atoms with Crippen LogP contribution in [0.3, 0.4) is 0 Å². The number of carboxylic acids is 1. The summed E-state index contributed by atoms with van der Waals surface area (Å²) in [6, 6.07) is 15.3. The molecule has 2 aromatic rings. The Balaban J connectivity index is 1.40. The molecule has 5 heteroatoms. The summed E-state index contributed by atoms with van der Waals surface area (Å²) in [7, 11) is 0. The highest BCUT2D eigenvalue weighted by Gasteiger charge is 2.46. The van der Waals surface area contributed by atoms with Crippen molar-refractivity contribution in [1.82, 2.24) is 5.32 Å². The van der Waals surface area contributed by atoms with Gasteiger partial charge in [-0.25, -0.2) is 4.79 Å². The van der Waals surface area contributed by atoms with Crippen LogP contribution in [0.5, 0.6) is 0 Å². The van der Waals surface area contributed by atoms with E-state index in [-0.39, 0.29) is 17.4 Å². The molecule has 30 heavy (non-hydrogen) atoms. The average molecular weight is 408 g/mol. The highest BCUT2D eigenvalue weighted by Crippen LogP contribution is 2.45. The van der Waals surface area contributed by atoms with Crippen LogP contribution in [0.15, 0.2) is 48.5 Å². The van der Waals surface area contributed by atoms with Gasteiger partial charge in [0.05, 0.1) is 17.7 Å². The minimum atomic E-state index is -0.950. The van der Waals surface area contributed by atoms with Gasteiger partial charge in [-0.3, -0.25) is 4.79 Å². The average Bonchev–Trinajstić information content (AvgIpc) is 3.63. The molecule has 0 aliphatic heterocycles. The Morgan fingerprint density at radius 2 is 1.83 bits per heavy atom. The summed E-state index contributed by atoms with van der Waals surface area (Å²) in [5.74, 6) is -0.323. The van der Waals surface area contributed by atoms with Crippen molar-refractivity contribution in [2.75, 3.05) is 0 Å². The third kappa shape index (κ3) is 4.57. The van der Waals surface area contributed by atoms with Crippen LogP contribution in [0, 0.1) is 5.92 Å². The largest absolute Gasteiger partial charge is 0.478 e. The molecule has 2 saturated carbocycles. The van der Waals surface area contributed by atoms with Gasteiger partial charge in [-0.2, -0.15) is 0 Å². The number of carbonyl (C=O) groups excluding carboxylic acids is 1. The van der Waals surface area contributed by atoms with E-state index in [1.165, 1.54) is 18.4 Å². The zero-order valence-corrected chi connectivity index (χ0v) is 17.6. The topological polar surface area (TPSA) is 75.6 Å². The quantitative estimate of drug-likeness (QED) is 0.637. The summed E-state index contributed by atoms with van der Waals surface area (Å²) in [5.41, 5.74) is 3.25. The lowest BCUT2D eigenvalue weighted by Crippen LogP contribution is -2.44. The summed E-state index contributed by atoms with van der Waals surface area (Å²) in [6.45, 7) is 4.40. The van der Waals surface area contributed by atoms with Gasteiger partial charge in [-0.15, -0.1) is 0 Å². The highest BCUT2D eigenvalue weighted by atomic mass is 16.5. The van der Waals surface area contributed by atoms with Crippen LogP contribution < -0.4 is 5.32 Å². The standard InChI is InChI=1S/C25H29NO4/c1-16(2)22(30-15-17-4-3-5-20(14-17)18-6-7-18)23(27)26-25(12-13-25)21-10-8-19(9-11-21)24(28)29/h3-5,8-11,14,16,18,22H,6-7,12-13,15H2,1-2H3,(H,26,27)(H,28,29)/t22-/m1/s1. The van der Waals surface area contributed by atoms with Crippen LogP contribution in [0.1, 0.15) is 72.5 Å². The monoisotopic (exact) mass is 407 g/mol. The number of amides is 1. The molecule has 0 radical (unpaired) electrons. The van der Waals surface area contributed by atoms with Crippen molar-refractivity contribution in [3.05, 3.63) is 70.8 Å². The maximum absolute atomic E-state index is 13.1. The second-order valence-corrected chi connectivity index (χ2v) is 8.95. The van der Waals surface area contributed by atoms with Gasteiger partial charge in [-0.1, -0.05) is 50.2 Å². The Labute approximate surface area is 177 Å². The van der Waals surface area contributed by atoms with Crippen molar-refractivity contribution >= 4 is 11.9 Å². The molecular weight excluding hydrogens is 378 g/mol. The molecule has 2 aliphatic rings. The minimum Gasteiger partial charge on any atom is -0.478 e. The molecule has 1 atom stereocenters. The molecule has 0 bridgehead atoms. The number of benzene rings is 2. The predicted octanol–water partition coefficient (Wildman–Crippen LogP) is 4.61. The zero-order valence-electron chi connectivity index (χ0n) is 17.6. The van der Waals surface area contributed by atoms with Gasteiger partial charge in [0.25, 0.3) is 0 Å². The third-order valence-electron chi connectivity index (χ3n) is 6.09. The fourth-order valence-corrected chi connectivity index (χ4v) is 3.96. The molecule has 2 fully saturated rings. The minimum absolute atomic E-state index is 0.0433. The molecule has 2 aromatic carbocycles. The Morgan fingerprint density at radius 3 is 2.40 bits per heavy atom. The molecule has 2 aliphatic carbocycles. The van der Waals surface area contributed by atoms with E-state index in [1.54, 1.807) is 24.3 Å². The van der Waals surface area contributed by atoms with Gasteiger partial charge in [0.2, 0.25) is 5.91 Å². The van der Waals surface area contributed by atoms with Crippen molar-refractivity contribution in [3.8, 4) is 0 Å². The number of hydrogen-bond acceptors (Lipinski definition) is 3. The smallest absolute Gasteiger partial charge is 0.335 e. The van der Waals surface area contributed by atoms with Crippen LogP contribution >= 0.6 is 0 Å². The number of hydrogen-bond donors (Lipinski definition) is 2. The normalized spacial score (nSPS) is 18.1. The lowest BCUT2D eigenvalue weighted by atomic mass is 10.0. The second-order valence-electron chi connectivity index (χ2n) is 8.95. The van der Waals surface area contributed by atoms with E-state index in [4.69, 9.17) is 9.84 Å². The maximum Gasteiger partial charge on any atom is 0.335 e. The first-order chi connectivity index (χ1) is 14.4. The van der Waals surface area contributed by atoms with Gasteiger partial charge >= 0.3 is 5.97 Å². The van der Waals surface area contributed by atoms with Crippen LogP contribution in [0.25, 0.3) is 0 Å². The highest BCUT2D eigenvalue weighted by molar-refractivity contribution is 5.87. The van der Waals surface area contributed by atoms with Crippen LogP contribution in [-0.2, 0) is 21.7 Å². The molecular formula is C25H29NO4.